The van der Waals surface area contributed by atoms with Crippen LogP contribution in [0.4, 0.5) is 14.5 Å². The van der Waals surface area contributed by atoms with Gasteiger partial charge in [-0.3, -0.25) is 4.79 Å². The number of anilines is 1. The Morgan fingerprint density at radius 2 is 1.83 bits per heavy atom. The molecule has 1 saturated heterocycles. The van der Waals surface area contributed by atoms with Crippen LogP contribution in [0.1, 0.15) is 16.1 Å². The number of piperazine rings is 1. The van der Waals surface area contributed by atoms with Crippen LogP contribution in [0, 0.1) is 18.6 Å². The molecule has 5 nitrogen and oxygen atoms in total. The maximum atomic E-state index is 14.3. The third kappa shape index (κ3) is 3.77. The normalized spacial score (nSPS) is 14.3. The van der Waals surface area contributed by atoms with Crippen molar-refractivity contribution in [3.05, 3.63) is 64.3 Å². The number of amides is 1. The summed E-state index contributed by atoms with van der Waals surface area (Å²) in [6.07, 6.45) is 0. The van der Waals surface area contributed by atoms with Gasteiger partial charge in [0.2, 0.25) is 0 Å². The van der Waals surface area contributed by atoms with Crippen molar-refractivity contribution in [3.8, 4) is 5.75 Å². The van der Waals surface area contributed by atoms with Crippen molar-refractivity contribution in [1.82, 2.24) is 9.88 Å². The number of benzene rings is 2. The molecule has 156 valence electrons. The SMILES string of the molecule is COc1cc(C(=O)N2CCN(c3cc(Cl)ccc3C)CC2)nc2c(F)cc(F)cc12. The predicted octanol–water partition coefficient (Wildman–Crippen LogP) is 4.45. The van der Waals surface area contributed by atoms with Gasteiger partial charge >= 0.3 is 0 Å². The van der Waals surface area contributed by atoms with Crippen molar-refractivity contribution >= 4 is 34.1 Å². The Hall–Kier alpha value is -2.93. The summed E-state index contributed by atoms with van der Waals surface area (Å²) >= 11 is 6.13. The van der Waals surface area contributed by atoms with Crippen LogP contribution in [0.5, 0.6) is 5.75 Å². The van der Waals surface area contributed by atoms with Crippen LogP contribution in [0.15, 0.2) is 36.4 Å². The molecule has 2 heterocycles. The van der Waals surface area contributed by atoms with Gasteiger partial charge in [0.25, 0.3) is 5.91 Å². The van der Waals surface area contributed by atoms with Crippen molar-refractivity contribution in [2.75, 3.05) is 38.2 Å². The summed E-state index contributed by atoms with van der Waals surface area (Å²) in [7, 11) is 1.39. The molecule has 0 spiro atoms. The molecule has 0 saturated carbocycles. The van der Waals surface area contributed by atoms with Gasteiger partial charge in [-0.05, 0) is 30.7 Å². The number of rotatable bonds is 3. The second kappa shape index (κ2) is 8.07. The Balaban J connectivity index is 1.57. The van der Waals surface area contributed by atoms with E-state index in [-0.39, 0.29) is 28.3 Å². The number of aryl methyl sites for hydroxylation is 1. The quantitative estimate of drug-likeness (QED) is 0.615. The molecule has 1 aromatic heterocycles. The van der Waals surface area contributed by atoms with E-state index in [1.807, 2.05) is 25.1 Å². The van der Waals surface area contributed by atoms with Crippen LogP contribution in [0.2, 0.25) is 5.02 Å². The molecule has 0 atom stereocenters. The van der Waals surface area contributed by atoms with Gasteiger partial charge in [0.15, 0.2) is 5.82 Å². The third-order valence-electron chi connectivity index (χ3n) is 5.31. The first-order valence-corrected chi connectivity index (χ1v) is 9.89. The molecule has 1 fully saturated rings. The van der Waals surface area contributed by atoms with Gasteiger partial charge in [0.05, 0.1) is 7.11 Å². The Bertz CT molecular complexity index is 1130. The predicted molar refractivity (Wildman–Crippen MR) is 113 cm³/mol. The lowest BCUT2D eigenvalue weighted by Crippen LogP contribution is -2.49. The zero-order chi connectivity index (χ0) is 21.4. The Morgan fingerprint density at radius 3 is 2.53 bits per heavy atom. The molecule has 30 heavy (non-hydrogen) atoms. The highest BCUT2D eigenvalue weighted by molar-refractivity contribution is 6.30. The summed E-state index contributed by atoms with van der Waals surface area (Å²) in [5.74, 6) is -1.68. The Kier molecular flexibility index (Phi) is 5.47. The summed E-state index contributed by atoms with van der Waals surface area (Å²) in [6, 6.07) is 9.06. The molecule has 2 aromatic carbocycles. The maximum Gasteiger partial charge on any atom is 0.272 e. The summed E-state index contributed by atoms with van der Waals surface area (Å²) in [5, 5.41) is 0.854. The van der Waals surface area contributed by atoms with Gasteiger partial charge in [-0.25, -0.2) is 13.8 Å². The first-order chi connectivity index (χ1) is 14.4. The van der Waals surface area contributed by atoms with Gasteiger partial charge in [-0.1, -0.05) is 17.7 Å². The topological polar surface area (TPSA) is 45.7 Å². The van der Waals surface area contributed by atoms with Crippen LogP contribution in [-0.4, -0.2) is 49.1 Å². The number of nitrogens with zero attached hydrogens (tertiary/aromatic N) is 3. The number of ether oxygens (including phenoxy) is 1. The lowest BCUT2D eigenvalue weighted by atomic mass is 10.1. The molecule has 1 aliphatic heterocycles. The average molecular weight is 432 g/mol. The summed E-state index contributed by atoms with van der Waals surface area (Å²) in [6.45, 7) is 4.26. The molecular weight excluding hydrogens is 412 g/mol. The monoisotopic (exact) mass is 431 g/mol. The number of pyridine rings is 1. The van der Waals surface area contributed by atoms with Crippen molar-refractivity contribution in [3.63, 3.8) is 0 Å². The summed E-state index contributed by atoms with van der Waals surface area (Å²) in [5.41, 5.74) is 2.14. The minimum atomic E-state index is -0.834. The second-order valence-electron chi connectivity index (χ2n) is 7.20. The molecule has 1 amide bonds. The van der Waals surface area contributed by atoms with E-state index in [4.69, 9.17) is 16.3 Å². The smallest absolute Gasteiger partial charge is 0.272 e. The van der Waals surface area contributed by atoms with E-state index in [2.05, 4.69) is 9.88 Å². The van der Waals surface area contributed by atoms with E-state index in [1.54, 1.807) is 4.90 Å². The molecule has 0 bridgehead atoms. The second-order valence-corrected chi connectivity index (χ2v) is 7.64. The highest BCUT2D eigenvalue weighted by Crippen LogP contribution is 2.29. The highest BCUT2D eigenvalue weighted by Gasteiger charge is 2.25. The average Bonchev–Trinajstić information content (AvgIpc) is 2.74. The van der Waals surface area contributed by atoms with Crippen LogP contribution < -0.4 is 9.64 Å². The number of hydrogen-bond acceptors (Lipinski definition) is 4. The molecule has 4 rings (SSSR count). The minimum Gasteiger partial charge on any atom is -0.496 e. The largest absolute Gasteiger partial charge is 0.496 e. The van der Waals surface area contributed by atoms with E-state index in [1.165, 1.54) is 13.2 Å². The number of aromatic nitrogens is 1. The first-order valence-electron chi connectivity index (χ1n) is 9.51. The van der Waals surface area contributed by atoms with Crippen LogP contribution in [0.25, 0.3) is 10.9 Å². The van der Waals surface area contributed by atoms with E-state index in [0.29, 0.717) is 31.2 Å². The first kappa shape index (κ1) is 20.3. The fraction of sp³-hybridized carbons (Fsp3) is 0.273. The van der Waals surface area contributed by atoms with Gasteiger partial charge < -0.3 is 14.5 Å². The maximum absolute atomic E-state index is 14.3. The number of methoxy groups -OCH3 is 1. The van der Waals surface area contributed by atoms with Crippen molar-refractivity contribution in [1.29, 1.82) is 0 Å². The number of hydrogen-bond donors (Lipinski definition) is 0. The van der Waals surface area contributed by atoms with Crippen LogP contribution in [-0.2, 0) is 0 Å². The highest BCUT2D eigenvalue weighted by atomic mass is 35.5. The summed E-state index contributed by atoms with van der Waals surface area (Å²) < 4.78 is 33.1. The van der Waals surface area contributed by atoms with E-state index in [9.17, 15) is 13.6 Å². The molecule has 3 aromatic rings. The van der Waals surface area contributed by atoms with E-state index < -0.39 is 11.6 Å². The van der Waals surface area contributed by atoms with Gasteiger partial charge in [-0.2, -0.15) is 0 Å². The molecule has 1 aliphatic rings. The zero-order valence-electron chi connectivity index (χ0n) is 16.6. The molecule has 0 unspecified atom stereocenters. The van der Waals surface area contributed by atoms with Crippen LogP contribution in [0.3, 0.4) is 0 Å². The van der Waals surface area contributed by atoms with Crippen molar-refractivity contribution in [2.45, 2.75) is 6.92 Å². The number of carbonyl (C=O) groups excluding carboxylic acids is 1. The Morgan fingerprint density at radius 1 is 1.10 bits per heavy atom. The van der Waals surface area contributed by atoms with Gasteiger partial charge in [0, 0.05) is 54.4 Å². The minimum absolute atomic E-state index is 0.0669. The fourth-order valence-corrected chi connectivity index (χ4v) is 3.90. The standard InChI is InChI=1S/C22H20ClF2N3O2/c1-13-3-4-14(23)9-19(13)27-5-7-28(8-6-27)22(29)18-12-20(30-2)16-10-15(24)11-17(25)21(16)26-18/h3-4,9-12H,5-8H2,1-2H3. The number of halogens is 3. The number of carbonyl (C=O) groups is 1. The lowest BCUT2D eigenvalue weighted by molar-refractivity contribution is 0.0741. The molecule has 0 radical (unpaired) electrons. The molecule has 0 N–H and O–H groups in total. The third-order valence-corrected chi connectivity index (χ3v) is 5.55. The Labute approximate surface area is 177 Å². The van der Waals surface area contributed by atoms with Gasteiger partial charge in [0.1, 0.15) is 22.8 Å². The van der Waals surface area contributed by atoms with Crippen molar-refractivity contribution < 1.29 is 18.3 Å². The van der Waals surface area contributed by atoms with E-state index in [0.717, 1.165) is 23.4 Å². The van der Waals surface area contributed by atoms with Gasteiger partial charge in [-0.15, -0.1) is 0 Å². The molecular formula is C22H20ClF2N3O2. The van der Waals surface area contributed by atoms with E-state index >= 15 is 0 Å². The lowest BCUT2D eigenvalue weighted by Gasteiger charge is -2.36. The molecule has 8 heteroatoms. The number of fused-ring (bicyclic) bond motifs is 1. The van der Waals surface area contributed by atoms with Crippen molar-refractivity contribution in [2.24, 2.45) is 0 Å². The molecule has 0 aliphatic carbocycles. The fourth-order valence-electron chi connectivity index (χ4n) is 3.74. The summed E-state index contributed by atoms with van der Waals surface area (Å²) in [4.78, 5) is 21.0. The van der Waals surface area contributed by atoms with Crippen LogP contribution >= 0.6 is 11.6 Å². The zero-order valence-corrected chi connectivity index (χ0v) is 17.3.